The van der Waals surface area contributed by atoms with Crippen molar-refractivity contribution >= 4 is 18.0 Å². The standard InChI is InChI=1S/C20H19N3O4/c1-2-26-18-11-15(10-16(12-21)19(24)23-20(22)25)8-9-17(18)27-13-14-6-4-3-5-7-14/h3-11H,2,13H2,1H3,(H3,22,23,24,25)/b16-10-. The third-order valence-electron chi connectivity index (χ3n) is 3.42. The molecule has 2 aromatic rings. The van der Waals surface area contributed by atoms with Gasteiger partial charge in [-0.2, -0.15) is 5.26 Å². The Bertz CT molecular complexity index is 886. The van der Waals surface area contributed by atoms with Crippen LogP contribution in [0.4, 0.5) is 4.79 Å². The maximum Gasteiger partial charge on any atom is 0.319 e. The number of nitrogens with one attached hydrogen (secondary N) is 1. The SMILES string of the molecule is CCOc1cc(/C=C(/C#N)C(=O)NC(N)=O)ccc1OCc1ccccc1. The highest BCUT2D eigenvalue weighted by Gasteiger charge is 2.12. The Balaban J connectivity index is 2.23. The molecule has 0 aromatic heterocycles. The van der Waals surface area contributed by atoms with E-state index in [0.29, 0.717) is 30.3 Å². The van der Waals surface area contributed by atoms with E-state index in [9.17, 15) is 9.59 Å². The normalized spacial score (nSPS) is 10.6. The number of nitrogens with two attached hydrogens (primary N) is 1. The number of imide groups is 1. The summed E-state index contributed by atoms with van der Waals surface area (Å²) in [7, 11) is 0. The summed E-state index contributed by atoms with van der Waals surface area (Å²) in [6.07, 6.45) is 1.34. The van der Waals surface area contributed by atoms with E-state index < -0.39 is 11.9 Å². The number of urea groups is 1. The second kappa shape index (κ2) is 9.63. The van der Waals surface area contributed by atoms with E-state index >= 15 is 0 Å². The summed E-state index contributed by atoms with van der Waals surface area (Å²) in [5.74, 6) is 0.153. The lowest BCUT2D eigenvalue weighted by molar-refractivity contribution is -0.115. The summed E-state index contributed by atoms with van der Waals surface area (Å²) >= 11 is 0. The van der Waals surface area contributed by atoms with Gasteiger partial charge >= 0.3 is 6.03 Å². The van der Waals surface area contributed by atoms with Crippen molar-refractivity contribution in [2.45, 2.75) is 13.5 Å². The molecule has 0 heterocycles. The average Bonchev–Trinajstić information content (AvgIpc) is 2.66. The van der Waals surface area contributed by atoms with Crippen molar-refractivity contribution in [1.82, 2.24) is 5.32 Å². The zero-order valence-corrected chi connectivity index (χ0v) is 14.8. The minimum Gasteiger partial charge on any atom is -0.490 e. The van der Waals surface area contributed by atoms with E-state index in [1.165, 1.54) is 6.08 Å². The van der Waals surface area contributed by atoms with Crippen LogP contribution < -0.4 is 20.5 Å². The Morgan fingerprint density at radius 1 is 1.15 bits per heavy atom. The number of carbonyl (C=O) groups is 2. The summed E-state index contributed by atoms with van der Waals surface area (Å²) in [6.45, 7) is 2.63. The van der Waals surface area contributed by atoms with Crippen molar-refractivity contribution in [2.75, 3.05) is 6.61 Å². The second-order valence-electron chi connectivity index (χ2n) is 5.40. The highest BCUT2D eigenvalue weighted by molar-refractivity contribution is 6.08. The first kappa shape index (κ1) is 19.5. The van der Waals surface area contributed by atoms with E-state index in [2.05, 4.69) is 0 Å². The topological polar surface area (TPSA) is 114 Å². The maximum absolute atomic E-state index is 11.8. The van der Waals surface area contributed by atoms with E-state index in [-0.39, 0.29) is 5.57 Å². The number of carbonyl (C=O) groups excluding carboxylic acids is 2. The lowest BCUT2D eigenvalue weighted by Gasteiger charge is -2.13. The summed E-state index contributed by atoms with van der Waals surface area (Å²) < 4.78 is 11.4. The molecule has 2 aromatic carbocycles. The first-order valence-electron chi connectivity index (χ1n) is 8.19. The first-order valence-corrected chi connectivity index (χ1v) is 8.19. The molecule has 0 aliphatic heterocycles. The van der Waals surface area contributed by atoms with Crippen LogP contribution >= 0.6 is 0 Å². The highest BCUT2D eigenvalue weighted by atomic mass is 16.5. The van der Waals surface area contributed by atoms with E-state index in [1.807, 2.05) is 42.6 Å². The van der Waals surface area contributed by atoms with Crippen LogP contribution in [0.5, 0.6) is 11.5 Å². The molecule has 138 valence electrons. The molecule has 0 bridgehead atoms. The van der Waals surface area contributed by atoms with Gasteiger partial charge in [0.2, 0.25) is 0 Å². The van der Waals surface area contributed by atoms with Gasteiger partial charge in [0, 0.05) is 0 Å². The zero-order valence-electron chi connectivity index (χ0n) is 14.8. The fraction of sp³-hybridized carbons (Fsp3) is 0.150. The van der Waals surface area contributed by atoms with Crippen LogP contribution in [-0.2, 0) is 11.4 Å². The Hall–Kier alpha value is -3.79. The number of rotatable bonds is 7. The van der Waals surface area contributed by atoms with Crippen molar-refractivity contribution in [3.8, 4) is 17.6 Å². The number of amides is 3. The molecule has 0 radical (unpaired) electrons. The fourth-order valence-corrected chi connectivity index (χ4v) is 2.23. The van der Waals surface area contributed by atoms with Gasteiger partial charge in [0.15, 0.2) is 11.5 Å². The number of primary amides is 1. The lowest BCUT2D eigenvalue weighted by atomic mass is 10.1. The molecule has 0 atom stereocenters. The van der Waals surface area contributed by atoms with Gasteiger partial charge in [0.25, 0.3) is 5.91 Å². The molecule has 0 fully saturated rings. The first-order chi connectivity index (χ1) is 13.0. The van der Waals surface area contributed by atoms with Crippen molar-refractivity contribution in [1.29, 1.82) is 5.26 Å². The minimum atomic E-state index is -1.03. The van der Waals surface area contributed by atoms with Gasteiger partial charge in [-0.1, -0.05) is 36.4 Å². The summed E-state index contributed by atoms with van der Waals surface area (Å²) in [4.78, 5) is 22.5. The van der Waals surface area contributed by atoms with Crippen molar-refractivity contribution in [2.24, 2.45) is 5.73 Å². The molecule has 0 unspecified atom stereocenters. The molecule has 2 rings (SSSR count). The molecule has 0 saturated carbocycles. The molecule has 0 aliphatic carbocycles. The summed E-state index contributed by atoms with van der Waals surface area (Å²) in [5, 5.41) is 11.0. The number of benzene rings is 2. The number of hydrogen-bond donors (Lipinski definition) is 2. The minimum absolute atomic E-state index is 0.255. The van der Waals surface area contributed by atoms with Gasteiger partial charge in [-0.15, -0.1) is 0 Å². The van der Waals surface area contributed by atoms with Gasteiger partial charge in [0.05, 0.1) is 6.61 Å². The van der Waals surface area contributed by atoms with Gasteiger partial charge in [-0.05, 0) is 36.3 Å². The van der Waals surface area contributed by atoms with Crippen molar-refractivity contribution in [3.63, 3.8) is 0 Å². The Kier molecular flexibility index (Phi) is 6.97. The van der Waals surface area contributed by atoms with Crippen molar-refractivity contribution in [3.05, 3.63) is 65.2 Å². The average molecular weight is 365 g/mol. The number of nitriles is 1. The van der Waals surface area contributed by atoms with Gasteiger partial charge in [-0.3, -0.25) is 10.1 Å². The number of nitrogens with zero attached hydrogens (tertiary/aromatic N) is 1. The van der Waals surface area contributed by atoms with E-state index in [0.717, 1.165) is 5.56 Å². The number of hydrogen-bond acceptors (Lipinski definition) is 5. The molecule has 7 nitrogen and oxygen atoms in total. The second-order valence-corrected chi connectivity index (χ2v) is 5.40. The number of ether oxygens (including phenoxy) is 2. The third-order valence-corrected chi connectivity index (χ3v) is 3.42. The quantitative estimate of drug-likeness (QED) is 0.578. The van der Waals surface area contributed by atoms with Crippen molar-refractivity contribution < 1.29 is 19.1 Å². The van der Waals surface area contributed by atoms with Gasteiger partial charge < -0.3 is 15.2 Å². The molecular formula is C20H19N3O4. The summed E-state index contributed by atoms with van der Waals surface area (Å²) in [6, 6.07) is 15.4. The van der Waals surface area contributed by atoms with Crippen LogP contribution in [-0.4, -0.2) is 18.5 Å². The Morgan fingerprint density at radius 2 is 1.89 bits per heavy atom. The molecule has 3 N–H and O–H groups in total. The van der Waals surface area contributed by atoms with E-state index in [1.54, 1.807) is 24.3 Å². The smallest absolute Gasteiger partial charge is 0.319 e. The molecule has 0 saturated heterocycles. The van der Waals surface area contributed by atoms with E-state index in [4.69, 9.17) is 20.5 Å². The molecule has 27 heavy (non-hydrogen) atoms. The van der Waals surface area contributed by atoms with Crippen LogP contribution in [0.25, 0.3) is 6.08 Å². The monoisotopic (exact) mass is 365 g/mol. The van der Waals surface area contributed by atoms with Gasteiger partial charge in [-0.25, -0.2) is 4.79 Å². The van der Waals surface area contributed by atoms with Crippen LogP contribution in [0.3, 0.4) is 0 Å². The van der Waals surface area contributed by atoms with Crippen LogP contribution in [0.15, 0.2) is 54.1 Å². The lowest BCUT2D eigenvalue weighted by Crippen LogP contribution is -2.35. The predicted molar refractivity (Wildman–Crippen MR) is 99.7 cm³/mol. The van der Waals surface area contributed by atoms with Crippen LogP contribution in [0, 0.1) is 11.3 Å². The van der Waals surface area contributed by atoms with Crippen LogP contribution in [0.2, 0.25) is 0 Å². The molecular weight excluding hydrogens is 346 g/mol. The predicted octanol–water partition coefficient (Wildman–Crippen LogP) is 2.77. The largest absolute Gasteiger partial charge is 0.490 e. The highest BCUT2D eigenvalue weighted by Crippen LogP contribution is 2.30. The third kappa shape index (κ3) is 5.90. The summed E-state index contributed by atoms with van der Waals surface area (Å²) in [5.41, 5.74) is 6.20. The fourth-order valence-electron chi connectivity index (χ4n) is 2.23. The Labute approximate surface area is 157 Å². The molecule has 3 amide bonds. The molecule has 7 heteroatoms. The molecule has 0 spiro atoms. The Morgan fingerprint density at radius 3 is 2.52 bits per heavy atom. The molecule has 0 aliphatic rings. The van der Waals surface area contributed by atoms with Crippen LogP contribution in [0.1, 0.15) is 18.1 Å². The van der Waals surface area contributed by atoms with Gasteiger partial charge in [0.1, 0.15) is 18.2 Å². The zero-order chi connectivity index (χ0) is 19.6. The maximum atomic E-state index is 11.8.